The fraction of sp³-hybridized carbons (Fsp3) is 0.222. The normalized spacial score (nSPS) is 17.1. The van der Waals surface area contributed by atoms with E-state index in [2.05, 4.69) is 15.6 Å². The van der Waals surface area contributed by atoms with Crippen LogP contribution < -0.4 is 16.1 Å². The second-order valence-corrected chi connectivity index (χ2v) is 6.28. The molecule has 1 aliphatic rings. The number of nitrogens with one attached hydrogen (secondary N) is 3. The number of carbonyl (C=O) groups excluding carboxylic acids is 1. The molecule has 1 atom stereocenters. The number of aromatic nitrogens is 2. The lowest BCUT2D eigenvalue weighted by molar-refractivity contribution is -0.116. The molecule has 0 saturated carbocycles. The Hall–Kier alpha value is -3.02. The van der Waals surface area contributed by atoms with Crippen LogP contribution >= 0.6 is 0 Å². The van der Waals surface area contributed by atoms with Gasteiger partial charge in [0.25, 0.3) is 0 Å². The van der Waals surface area contributed by atoms with Crippen LogP contribution in [0.3, 0.4) is 0 Å². The molecule has 24 heavy (non-hydrogen) atoms. The second kappa shape index (κ2) is 5.26. The quantitative estimate of drug-likeness (QED) is 0.644. The summed E-state index contributed by atoms with van der Waals surface area (Å²) in [5, 5.41) is 6.28. The van der Waals surface area contributed by atoms with Crippen LogP contribution in [0.2, 0.25) is 0 Å². The monoisotopic (exact) mass is 322 g/mol. The Morgan fingerprint density at radius 1 is 1.17 bits per heavy atom. The Morgan fingerprint density at radius 3 is 2.83 bits per heavy atom. The van der Waals surface area contributed by atoms with E-state index in [1.807, 2.05) is 48.9 Å². The van der Waals surface area contributed by atoms with Crippen LogP contribution in [0.5, 0.6) is 0 Å². The van der Waals surface area contributed by atoms with Gasteiger partial charge in [0, 0.05) is 36.1 Å². The zero-order valence-electron chi connectivity index (χ0n) is 13.5. The molecular formula is C18H18N4O2. The average molecular weight is 322 g/mol. The van der Waals surface area contributed by atoms with E-state index in [0.717, 1.165) is 22.6 Å². The number of aromatic amines is 1. The Balaban J connectivity index is 1.90. The molecule has 3 aromatic rings. The van der Waals surface area contributed by atoms with Crippen molar-refractivity contribution in [3.8, 4) is 5.69 Å². The number of H-pyrrole nitrogens is 1. The summed E-state index contributed by atoms with van der Waals surface area (Å²) in [5.74, 6) is 0.00808. The molecule has 0 spiro atoms. The van der Waals surface area contributed by atoms with Gasteiger partial charge in [-0.15, -0.1) is 0 Å². The third-order valence-corrected chi connectivity index (χ3v) is 4.34. The molecule has 3 N–H and O–H groups in total. The summed E-state index contributed by atoms with van der Waals surface area (Å²) in [7, 11) is 0. The molecule has 122 valence electrons. The maximum atomic E-state index is 12.2. The van der Waals surface area contributed by atoms with Crippen molar-refractivity contribution in [2.75, 3.05) is 10.6 Å². The van der Waals surface area contributed by atoms with Gasteiger partial charge in [0.2, 0.25) is 11.3 Å². The second-order valence-electron chi connectivity index (χ2n) is 6.28. The number of pyridine rings is 1. The van der Waals surface area contributed by atoms with Gasteiger partial charge in [0.05, 0.1) is 16.9 Å². The molecule has 2 aromatic heterocycles. The van der Waals surface area contributed by atoms with Gasteiger partial charge < -0.3 is 20.2 Å². The van der Waals surface area contributed by atoms with Gasteiger partial charge in [0.15, 0.2) is 0 Å². The zero-order valence-corrected chi connectivity index (χ0v) is 13.5. The van der Waals surface area contributed by atoms with Crippen molar-refractivity contribution in [3.05, 3.63) is 52.4 Å². The number of hydrogen-bond donors (Lipinski definition) is 3. The van der Waals surface area contributed by atoms with Gasteiger partial charge in [-0.2, -0.15) is 0 Å². The summed E-state index contributed by atoms with van der Waals surface area (Å²) in [6.45, 7) is 3.79. The first-order chi connectivity index (χ1) is 11.5. The van der Waals surface area contributed by atoms with Gasteiger partial charge in [-0.3, -0.25) is 9.59 Å². The molecule has 0 aliphatic carbocycles. The molecule has 0 bridgehead atoms. The van der Waals surface area contributed by atoms with Crippen molar-refractivity contribution in [2.24, 2.45) is 0 Å². The molecule has 1 aliphatic heterocycles. The Labute approximate surface area is 138 Å². The summed E-state index contributed by atoms with van der Waals surface area (Å²) < 4.78 is 1.99. The number of fused-ring (bicyclic) bond motifs is 2. The van der Waals surface area contributed by atoms with Crippen molar-refractivity contribution >= 4 is 28.3 Å². The van der Waals surface area contributed by atoms with Gasteiger partial charge in [-0.05, 0) is 38.1 Å². The standard InChI is InChI=1S/C18H18N4O2/c1-10-9-22(15-5-6-19-17(15)18(10)24)12-3-4-13-14(8-12)20-11(2)7-16(23)21-13/h3-6,8-9,11,19-20H,7H2,1-2H3,(H,21,23). The van der Waals surface area contributed by atoms with Gasteiger partial charge in [-0.1, -0.05) is 0 Å². The van der Waals surface area contributed by atoms with E-state index in [0.29, 0.717) is 17.5 Å². The first-order valence-corrected chi connectivity index (χ1v) is 7.93. The summed E-state index contributed by atoms with van der Waals surface area (Å²) >= 11 is 0. The highest BCUT2D eigenvalue weighted by molar-refractivity contribution is 5.96. The molecule has 4 rings (SSSR count). The summed E-state index contributed by atoms with van der Waals surface area (Å²) in [6.07, 6.45) is 4.05. The topological polar surface area (TPSA) is 78.9 Å². The Kier molecular flexibility index (Phi) is 3.19. The number of aryl methyl sites for hydroxylation is 1. The van der Waals surface area contributed by atoms with E-state index >= 15 is 0 Å². The van der Waals surface area contributed by atoms with Crippen LogP contribution in [0.4, 0.5) is 11.4 Å². The lowest BCUT2D eigenvalue weighted by atomic mass is 10.2. The molecule has 1 amide bonds. The minimum atomic E-state index is 0.00808. The molecule has 1 aromatic carbocycles. The number of anilines is 2. The lowest BCUT2D eigenvalue weighted by Gasteiger charge is -2.15. The van der Waals surface area contributed by atoms with Crippen molar-refractivity contribution in [2.45, 2.75) is 26.3 Å². The summed E-state index contributed by atoms with van der Waals surface area (Å²) in [6, 6.07) is 7.77. The Morgan fingerprint density at radius 2 is 2.00 bits per heavy atom. The maximum Gasteiger partial charge on any atom is 0.226 e. The summed E-state index contributed by atoms with van der Waals surface area (Å²) in [5.41, 5.74) is 4.70. The average Bonchev–Trinajstić information content (AvgIpc) is 2.96. The molecule has 0 radical (unpaired) electrons. The summed E-state index contributed by atoms with van der Waals surface area (Å²) in [4.78, 5) is 27.1. The first-order valence-electron chi connectivity index (χ1n) is 7.93. The molecule has 3 heterocycles. The molecule has 0 fully saturated rings. The highest BCUT2D eigenvalue weighted by atomic mass is 16.1. The predicted molar refractivity (Wildman–Crippen MR) is 95.0 cm³/mol. The Bertz CT molecular complexity index is 1020. The van der Waals surface area contributed by atoms with E-state index in [9.17, 15) is 9.59 Å². The van der Waals surface area contributed by atoms with Gasteiger partial charge in [0.1, 0.15) is 5.52 Å². The number of carbonyl (C=O) groups is 1. The van der Waals surface area contributed by atoms with Crippen LogP contribution in [-0.4, -0.2) is 21.5 Å². The van der Waals surface area contributed by atoms with Crippen molar-refractivity contribution in [1.29, 1.82) is 0 Å². The third-order valence-electron chi connectivity index (χ3n) is 4.34. The molecule has 1 unspecified atom stereocenters. The highest BCUT2D eigenvalue weighted by Crippen LogP contribution is 2.29. The predicted octanol–water partition coefficient (Wildman–Crippen LogP) is 2.77. The maximum absolute atomic E-state index is 12.2. The van der Waals surface area contributed by atoms with Gasteiger partial charge in [-0.25, -0.2) is 0 Å². The first kappa shape index (κ1) is 14.6. The number of rotatable bonds is 1. The van der Waals surface area contributed by atoms with Crippen LogP contribution in [0.1, 0.15) is 18.9 Å². The van der Waals surface area contributed by atoms with Crippen molar-refractivity contribution < 1.29 is 4.79 Å². The van der Waals surface area contributed by atoms with E-state index in [-0.39, 0.29) is 17.4 Å². The largest absolute Gasteiger partial charge is 0.380 e. The van der Waals surface area contributed by atoms with Crippen LogP contribution in [0.25, 0.3) is 16.7 Å². The highest BCUT2D eigenvalue weighted by Gasteiger charge is 2.18. The minimum Gasteiger partial charge on any atom is -0.380 e. The van der Waals surface area contributed by atoms with Crippen LogP contribution in [-0.2, 0) is 4.79 Å². The number of nitrogens with zero attached hydrogens (tertiary/aromatic N) is 1. The van der Waals surface area contributed by atoms with Crippen LogP contribution in [0, 0.1) is 6.92 Å². The van der Waals surface area contributed by atoms with E-state index in [1.54, 1.807) is 6.20 Å². The van der Waals surface area contributed by atoms with E-state index in [1.165, 1.54) is 0 Å². The minimum absolute atomic E-state index is 0.00808. The fourth-order valence-corrected chi connectivity index (χ4v) is 3.18. The number of hydrogen-bond acceptors (Lipinski definition) is 3. The van der Waals surface area contributed by atoms with Crippen molar-refractivity contribution in [3.63, 3.8) is 0 Å². The van der Waals surface area contributed by atoms with E-state index < -0.39 is 0 Å². The van der Waals surface area contributed by atoms with Crippen LogP contribution in [0.15, 0.2) is 41.5 Å². The van der Waals surface area contributed by atoms with Gasteiger partial charge >= 0.3 is 0 Å². The molecule has 6 heteroatoms. The number of benzene rings is 1. The SMILES string of the molecule is Cc1cn(-c2ccc3c(c2)NC(C)CC(=O)N3)c2cc[nH]c2c1=O. The van der Waals surface area contributed by atoms with Crippen molar-refractivity contribution in [1.82, 2.24) is 9.55 Å². The number of amides is 1. The smallest absolute Gasteiger partial charge is 0.226 e. The third kappa shape index (κ3) is 2.27. The van der Waals surface area contributed by atoms with E-state index in [4.69, 9.17) is 0 Å². The molecule has 0 saturated heterocycles. The molecule has 6 nitrogen and oxygen atoms in total. The fourth-order valence-electron chi connectivity index (χ4n) is 3.18. The zero-order chi connectivity index (χ0) is 16.8. The lowest BCUT2D eigenvalue weighted by Crippen LogP contribution is -2.18. The molecular weight excluding hydrogens is 304 g/mol.